The number of nitro groups is 1. The number of nitro benzene ring substituents is 1. The van der Waals surface area contributed by atoms with Crippen molar-refractivity contribution in [3.05, 3.63) is 62.7 Å². The minimum atomic E-state index is -1.08. The molecule has 2 rings (SSSR count). The number of hydrogen-bond donors (Lipinski definition) is 2. The number of benzene rings is 2. The summed E-state index contributed by atoms with van der Waals surface area (Å²) in [6.45, 7) is 4.70. The average molecular weight is 422 g/mol. The lowest BCUT2D eigenvalue weighted by atomic mass is 10.1. The van der Waals surface area contributed by atoms with Gasteiger partial charge >= 0.3 is 5.69 Å². The monoisotopic (exact) mass is 421 g/mol. The molecule has 2 aromatic rings. The Labute approximate surface area is 172 Å². The van der Waals surface area contributed by atoms with Crippen molar-refractivity contribution in [2.24, 2.45) is 0 Å². The van der Waals surface area contributed by atoms with Crippen LogP contribution in [0.3, 0.4) is 0 Å². The van der Waals surface area contributed by atoms with Gasteiger partial charge in [0.05, 0.1) is 4.92 Å². The summed E-state index contributed by atoms with van der Waals surface area (Å²) >= 11 is 6.08. The van der Waals surface area contributed by atoms with Gasteiger partial charge in [-0.3, -0.25) is 30.6 Å². The van der Waals surface area contributed by atoms with Gasteiger partial charge in [-0.25, -0.2) is 0 Å². The molecule has 9 nitrogen and oxygen atoms in total. The van der Waals surface area contributed by atoms with Crippen molar-refractivity contribution in [3.63, 3.8) is 0 Å². The molecule has 1 unspecified atom stereocenters. The quantitative estimate of drug-likeness (QED) is 0.524. The summed E-state index contributed by atoms with van der Waals surface area (Å²) in [4.78, 5) is 34.3. The number of halogens is 1. The summed E-state index contributed by atoms with van der Waals surface area (Å²) in [5.41, 5.74) is 5.75. The number of para-hydroxylation sites is 2. The molecule has 154 valence electrons. The summed E-state index contributed by atoms with van der Waals surface area (Å²) in [5, 5.41) is 11.6. The molecule has 10 heteroatoms. The number of amides is 2. The maximum atomic E-state index is 12.1. The highest BCUT2D eigenvalue weighted by molar-refractivity contribution is 6.32. The predicted molar refractivity (Wildman–Crippen MR) is 106 cm³/mol. The molecule has 0 aliphatic rings. The van der Waals surface area contributed by atoms with Crippen LogP contribution in [-0.4, -0.2) is 29.4 Å². The molecule has 2 amide bonds. The second kappa shape index (κ2) is 9.74. The van der Waals surface area contributed by atoms with Crippen LogP contribution >= 0.6 is 11.6 Å². The highest BCUT2D eigenvalue weighted by atomic mass is 35.5. The van der Waals surface area contributed by atoms with Crippen molar-refractivity contribution in [1.82, 2.24) is 10.9 Å². The molecule has 0 spiro atoms. The minimum Gasteiger partial charge on any atom is -0.484 e. The molecule has 0 bridgehead atoms. The van der Waals surface area contributed by atoms with Crippen LogP contribution < -0.4 is 20.3 Å². The van der Waals surface area contributed by atoms with E-state index in [4.69, 9.17) is 21.1 Å². The van der Waals surface area contributed by atoms with Crippen LogP contribution in [0, 0.1) is 24.0 Å². The maximum absolute atomic E-state index is 12.1. The van der Waals surface area contributed by atoms with Crippen LogP contribution in [0.2, 0.25) is 5.02 Å². The van der Waals surface area contributed by atoms with E-state index in [1.165, 1.54) is 25.1 Å². The fourth-order valence-electron chi connectivity index (χ4n) is 2.36. The Morgan fingerprint density at radius 1 is 1.17 bits per heavy atom. The first-order chi connectivity index (χ1) is 13.7. The van der Waals surface area contributed by atoms with Gasteiger partial charge in [0, 0.05) is 11.1 Å². The van der Waals surface area contributed by atoms with Gasteiger partial charge in [-0.2, -0.15) is 0 Å². The van der Waals surface area contributed by atoms with Crippen molar-refractivity contribution < 1.29 is 24.0 Å². The number of carbonyl (C=O) groups is 2. The Hall–Kier alpha value is -3.33. The lowest BCUT2D eigenvalue weighted by Gasteiger charge is -2.15. The third kappa shape index (κ3) is 6.08. The molecular weight excluding hydrogens is 402 g/mol. The van der Waals surface area contributed by atoms with Crippen molar-refractivity contribution in [1.29, 1.82) is 0 Å². The first-order valence-corrected chi connectivity index (χ1v) is 8.95. The zero-order valence-corrected chi connectivity index (χ0v) is 16.8. The second-order valence-corrected chi connectivity index (χ2v) is 6.56. The first kappa shape index (κ1) is 22.0. The van der Waals surface area contributed by atoms with Crippen LogP contribution in [0.15, 0.2) is 36.4 Å². The summed E-state index contributed by atoms with van der Waals surface area (Å²) in [6.07, 6.45) is -1.08. The van der Waals surface area contributed by atoms with Gasteiger partial charge in [-0.15, -0.1) is 0 Å². The molecule has 1 atom stereocenters. The Kier molecular flexibility index (Phi) is 7.38. The molecule has 0 aromatic heterocycles. The topological polar surface area (TPSA) is 120 Å². The fraction of sp³-hybridized carbons (Fsp3) is 0.263. The van der Waals surface area contributed by atoms with E-state index < -0.39 is 22.8 Å². The Balaban J connectivity index is 1.84. The third-order valence-corrected chi connectivity index (χ3v) is 4.44. The van der Waals surface area contributed by atoms with Crippen LogP contribution in [0.5, 0.6) is 11.5 Å². The van der Waals surface area contributed by atoms with E-state index in [0.717, 1.165) is 11.1 Å². The molecule has 29 heavy (non-hydrogen) atoms. The van der Waals surface area contributed by atoms with E-state index in [-0.39, 0.29) is 18.0 Å². The van der Waals surface area contributed by atoms with Crippen molar-refractivity contribution in [2.75, 3.05) is 6.61 Å². The molecule has 2 N–H and O–H groups in total. The number of aryl methyl sites for hydroxylation is 2. The Bertz CT molecular complexity index is 911. The van der Waals surface area contributed by atoms with Crippen LogP contribution in [0.25, 0.3) is 0 Å². The number of rotatable bonds is 7. The maximum Gasteiger partial charge on any atom is 0.310 e. The minimum absolute atomic E-state index is 0.0525. The van der Waals surface area contributed by atoms with E-state index >= 15 is 0 Å². The normalized spacial score (nSPS) is 11.3. The molecule has 0 saturated carbocycles. The third-order valence-electron chi connectivity index (χ3n) is 3.84. The Morgan fingerprint density at radius 3 is 2.41 bits per heavy atom. The van der Waals surface area contributed by atoms with Gasteiger partial charge < -0.3 is 9.47 Å². The number of hydrogen-bond acceptors (Lipinski definition) is 6. The molecule has 0 heterocycles. The van der Waals surface area contributed by atoms with Gasteiger partial charge in [-0.1, -0.05) is 23.7 Å². The number of hydrazine groups is 1. The summed E-state index contributed by atoms with van der Waals surface area (Å²) in [6, 6.07) is 9.07. The predicted octanol–water partition coefficient (Wildman–Crippen LogP) is 2.86. The van der Waals surface area contributed by atoms with Crippen molar-refractivity contribution >= 4 is 29.1 Å². The number of nitrogens with zero attached hydrogens (tertiary/aromatic N) is 1. The molecule has 0 aliphatic heterocycles. The number of nitrogens with one attached hydrogen (secondary N) is 2. The van der Waals surface area contributed by atoms with Crippen molar-refractivity contribution in [3.8, 4) is 11.5 Å². The zero-order chi connectivity index (χ0) is 21.6. The average Bonchev–Trinajstić information content (AvgIpc) is 2.68. The highest BCUT2D eigenvalue weighted by Gasteiger charge is 2.21. The van der Waals surface area contributed by atoms with Crippen LogP contribution in [0.4, 0.5) is 5.69 Å². The second-order valence-electron chi connectivity index (χ2n) is 6.18. The van der Waals surface area contributed by atoms with Gasteiger partial charge in [0.2, 0.25) is 0 Å². The van der Waals surface area contributed by atoms with E-state index in [1.54, 1.807) is 18.2 Å². The molecular formula is C19H20ClN3O6. The van der Waals surface area contributed by atoms with Gasteiger partial charge in [-0.05, 0) is 50.1 Å². The molecule has 2 aromatic carbocycles. The lowest BCUT2D eigenvalue weighted by Crippen LogP contribution is -2.48. The zero-order valence-electron chi connectivity index (χ0n) is 16.0. The van der Waals surface area contributed by atoms with Gasteiger partial charge in [0.1, 0.15) is 5.75 Å². The molecule has 0 radical (unpaired) electrons. The first-order valence-electron chi connectivity index (χ1n) is 8.57. The van der Waals surface area contributed by atoms with Crippen LogP contribution in [0.1, 0.15) is 18.1 Å². The largest absolute Gasteiger partial charge is 0.484 e. The summed E-state index contributed by atoms with van der Waals surface area (Å²) in [5.74, 6) is -0.863. The molecule has 0 saturated heterocycles. The van der Waals surface area contributed by atoms with E-state index in [2.05, 4.69) is 10.9 Å². The van der Waals surface area contributed by atoms with Gasteiger partial charge in [0.15, 0.2) is 18.5 Å². The van der Waals surface area contributed by atoms with Gasteiger partial charge in [0.25, 0.3) is 11.8 Å². The summed E-state index contributed by atoms with van der Waals surface area (Å²) < 4.78 is 10.7. The molecule has 0 fully saturated rings. The number of ether oxygens (including phenoxy) is 2. The van der Waals surface area contributed by atoms with E-state index in [0.29, 0.717) is 10.8 Å². The van der Waals surface area contributed by atoms with E-state index in [1.807, 2.05) is 13.8 Å². The van der Waals surface area contributed by atoms with Crippen molar-refractivity contribution in [2.45, 2.75) is 26.9 Å². The van der Waals surface area contributed by atoms with E-state index in [9.17, 15) is 19.7 Å². The van der Waals surface area contributed by atoms with Crippen LogP contribution in [-0.2, 0) is 9.59 Å². The lowest BCUT2D eigenvalue weighted by molar-refractivity contribution is -0.386. The highest BCUT2D eigenvalue weighted by Crippen LogP contribution is 2.27. The summed E-state index contributed by atoms with van der Waals surface area (Å²) in [7, 11) is 0. The molecule has 0 aliphatic carbocycles. The fourth-order valence-corrected chi connectivity index (χ4v) is 2.47. The SMILES string of the molecule is Cc1cc(OCC(=O)NNC(=O)C(C)Oc2ccccc2[N+](=O)[O-])cc(C)c1Cl. The number of carbonyl (C=O) groups excluding carboxylic acids is 2. The standard InChI is InChI=1S/C19H20ClN3O6/c1-11-8-14(9-12(2)18(11)20)28-10-17(24)21-22-19(25)13(3)29-16-7-5-4-6-15(16)23(26)27/h4-9,13H,10H2,1-3H3,(H,21,24)(H,22,25). The smallest absolute Gasteiger partial charge is 0.310 e. The Morgan fingerprint density at radius 2 is 1.79 bits per heavy atom.